The quantitative estimate of drug-likeness (QED) is 0.412. The molecule has 1 heterocycles. The minimum atomic E-state index is -0.799. The number of nitro groups is 1. The lowest BCUT2D eigenvalue weighted by Crippen LogP contribution is -2.12. The molecule has 0 saturated carbocycles. The van der Waals surface area contributed by atoms with E-state index in [1.165, 1.54) is 0 Å². The first-order valence-electron chi connectivity index (χ1n) is 7.03. The molecule has 1 aromatic rings. The third kappa shape index (κ3) is 4.73. The van der Waals surface area contributed by atoms with Crippen molar-refractivity contribution in [2.24, 2.45) is 0 Å². The number of nitrogens with one attached hydrogen (secondary N) is 1. The standard InChI is InChI=1S/C13H22N4O4/c1-9(2)16-13(12(17(20)21)10(3)15-16)14-8-6-4-5-7-11(18)19/h9,14H,4-8H2,1-3H3,(H,18,19). The maximum absolute atomic E-state index is 11.1. The molecule has 0 bridgehead atoms. The predicted molar refractivity (Wildman–Crippen MR) is 78.6 cm³/mol. The minimum Gasteiger partial charge on any atom is -0.481 e. The van der Waals surface area contributed by atoms with Crippen LogP contribution in [0.3, 0.4) is 0 Å². The number of aryl methyl sites for hydroxylation is 1. The Hall–Kier alpha value is -2.12. The maximum atomic E-state index is 11.1. The monoisotopic (exact) mass is 298 g/mol. The van der Waals surface area contributed by atoms with Crippen LogP contribution in [0.15, 0.2) is 0 Å². The first kappa shape index (κ1) is 16.9. The summed E-state index contributed by atoms with van der Waals surface area (Å²) >= 11 is 0. The molecule has 1 aromatic heterocycles. The van der Waals surface area contributed by atoms with Crippen molar-refractivity contribution in [3.05, 3.63) is 15.8 Å². The molecule has 0 aliphatic rings. The van der Waals surface area contributed by atoms with E-state index in [0.717, 1.165) is 12.8 Å². The van der Waals surface area contributed by atoms with Crippen molar-refractivity contribution in [1.29, 1.82) is 0 Å². The first-order chi connectivity index (χ1) is 9.84. The van der Waals surface area contributed by atoms with Gasteiger partial charge in [-0.1, -0.05) is 6.42 Å². The molecular weight excluding hydrogens is 276 g/mol. The summed E-state index contributed by atoms with van der Waals surface area (Å²) in [4.78, 5) is 21.1. The van der Waals surface area contributed by atoms with Gasteiger partial charge in [0.15, 0.2) is 0 Å². The van der Waals surface area contributed by atoms with E-state index in [2.05, 4.69) is 10.4 Å². The van der Waals surface area contributed by atoms with E-state index in [1.807, 2.05) is 13.8 Å². The highest BCUT2D eigenvalue weighted by atomic mass is 16.6. The van der Waals surface area contributed by atoms with Crippen LogP contribution in [-0.4, -0.2) is 32.3 Å². The summed E-state index contributed by atoms with van der Waals surface area (Å²) in [5.74, 6) is -0.377. The molecule has 8 heteroatoms. The summed E-state index contributed by atoms with van der Waals surface area (Å²) in [5.41, 5.74) is 0.399. The van der Waals surface area contributed by atoms with Crippen LogP contribution in [0.1, 0.15) is 51.3 Å². The van der Waals surface area contributed by atoms with Gasteiger partial charge < -0.3 is 10.4 Å². The number of carbonyl (C=O) groups is 1. The van der Waals surface area contributed by atoms with E-state index in [4.69, 9.17) is 5.11 Å². The Bertz CT molecular complexity index is 511. The molecule has 0 aromatic carbocycles. The number of hydrogen-bond acceptors (Lipinski definition) is 5. The Balaban J connectivity index is 2.64. The molecule has 0 amide bonds. The van der Waals surface area contributed by atoms with Crippen LogP contribution in [0.5, 0.6) is 0 Å². The number of carboxylic acid groups (broad SMARTS) is 1. The lowest BCUT2D eigenvalue weighted by atomic mass is 10.2. The molecule has 21 heavy (non-hydrogen) atoms. The zero-order chi connectivity index (χ0) is 16.0. The van der Waals surface area contributed by atoms with Gasteiger partial charge in [0.2, 0.25) is 5.82 Å². The minimum absolute atomic E-state index is 0.00855. The van der Waals surface area contributed by atoms with Gasteiger partial charge in [-0.05, 0) is 33.6 Å². The molecule has 118 valence electrons. The third-order valence-electron chi connectivity index (χ3n) is 3.09. The zero-order valence-corrected chi connectivity index (χ0v) is 12.6. The smallest absolute Gasteiger partial charge is 0.333 e. The largest absolute Gasteiger partial charge is 0.481 e. The molecule has 1 rings (SSSR count). The summed E-state index contributed by atoms with van der Waals surface area (Å²) in [6, 6.07) is 0.0203. The van der Waals surface area contributed by atoms with Gasteiger partial charge in [0.05, 0.1) is 4.92 Å². The van der Waals surface area contributed by atoms with E-state index in [1.54, 1.807) is 11.6 Å². The molecule has 2 N–H and O–H groups in total. The molecule has 0 aliphatic carbocycles. The maximum Gasteiger partial charge on any atom is 0.333 e. The third-order valence-corrected chi connectivity index (χ3v) is 3.09. The van der Waals surface area contributed by atoms with Crippen LogP contribution in [-0.2, 0) is 4.79 Å². The summed E-state index contributed by atoms with van der Waals surface area (Å²) in [6.45, 7) is 6.00. The Morgan fingerprint density at radius 2 is 2.10 bits per heavy atom. The second kappa shape index (κ2) is 7.61. The molecule has 0 spiro atoms. The number of hydrogen-bond donors (Lipinski definition) is 2. The van der Waals surface area contributed by atoms with Crippen LogP contribution >= 0.6 is 0 Å². The molecular formula is C13H22N4O4. The van der Waals surface area contributed by atoms with Crippen LogP contribution in [0, 0.1) is 17.0 Å². The molecule has 0 saturated heterocycles. The van der Waals surface area contributed by atoms with E-state index in [-0.39, 0.29) is 18.2 Å². The average molecular weight is 298 g/mol. The average Bonchev–Trinajstić information content (AvgIpc) is 2.70. The fourth-order valence-electron chi connectivity index (χ4n) is 2.08. The van der Waals surface area contributed by atoms with Crippen LogP contribution in [0.25, 0.3) is 0 Å². The van der Waals surface area contributed by atoms with Crippen molar-refractivity contribution in [3.8, 4) is 0 Å². The molecule has 0 atom stereocenters. The number of nitrogens with zero attached hydrogens (tertiary/aromatic N) is 3. The first-order valence-corrected chi connectivity index (χ1v) is 7.03. The zero-order valence-electron chi connectivity index (χ0n) is 12.6. The summed E-state index contributed by atoms with van der Waals surface area (Å²) < 4.78 is 1.62. The summed E-state index contributed by atoms with van der Waals surface area (Å²) in [7, 11) is 0. The lowest BCUT2D eigenvalue weighted by Gasteiger charge is -2.11. The van der Waals surface area contributed by atoms with Gasteiger partial charge in [-0.15, -0.1) is 0 Å². The molecule has 8 nitrogen and oxygen atoms in total. The lowest BCUT2D eigenvalue weighted by molar-refractivity contribution is -0.384. The van der Waals surface area contributed by atoms with Crippen molar-refractivity contribution in [2.75, 3.05) is 11.9 Å². The summed E-state index contributed by atoms with van der Waals surface area (Å²) in [5, 5.41) is 26.9. The Kier molecular flexibility index (Phi) is 6.13. The Morgan fingerprint density at radius 1 is 1.43 bits per heavy atom. The second-order valence-electron chi connectivity index (χ2n) is 5.21. The van der Waals surface area contributed by atoms with E-state index >= 15 is 0 Å². The molecule has 0 radical (unpaired) electrons. The van der Waals surface area contributed by atoms with Crippen molar-refractivity contribution >= 4 is 17.5 Å². The Morgan fingerprint density at radius 3 is 2.62 bits per heavy atom. The van der Waals surface area contributed by atoms with Gasteiger partial charge in [0.1, 0.15) is 5.69 Å². The van der Waals surface area contributed by atoms with Crippen molar-refractivity contribution in [1.82, 2.24) is 9.78 Å². The van der Waals surface area contributed by atoms with Crippen molar-refractivity contribution in [3.63, 3.8) is 0 Å². The number of anilines is 1. The number of carboxylic acids is 1. The van der Waals surface area contributed by atoms with Gasteiger partial charge in [-0.25, -0.2) is 4.68 Å². The highest BCUT2D eigenvalue weighted by Crippen LogP contribution is 2.30. The van der Waals surface area contributed by atoms with Gasteiger partial charge >= 0.3 is 11.7 Å². The van der Waals surface area contributed by atoms with Crippen LogP contribution < -0.4 is 5.32 Å². The normalized spacial score (nSPS) is 10.9. The highest BCUT2D eigenvalue weighted by Gasteiger charge is 2.25. The van der Waals surface area contributed by atoms with Crippen molar-refractivity contribution in [2.45, 2.75) is 52.5 Å². The highest BCUT2D eigenvalue weighted by molar-refractivity contribution is 5.66. The fourth-order valence-corrected chi connectivity index (χ4v) is 2.08. The van der Waals surface area contributed by atoms with E-state index < -0.39 is 10.9 Å². The number of unbranched alkanes of at least 4 members (excludes halogenated alkanes) is 2. The topological polar surface area (TPSA) is 110 Å². The van der Waals surface area contributed by atoms with E-state index in [0.29, 0.717) is 24.5 Å². The molecule has 0 fully saturated rings. The number of rotatable bonds is 9. The van der Waals surface area contributed by atoms with E-state index in [9.17, 15) is 14.9 Å². The predicted octanol–water partition coefficient (Wildman–Crippen LogP) is 2.74. The molecule has 0 aliphatic heterocycles. The number of aliphatic carboxylic acids is 1. The fraction of sp³-hybridized carbons (Fsp3) is 0.692. The Labute approximate surface area is 123 Å². The van der Waals surface area contributed by atoms with Gasteiger partial charge in [0.25, 0.3) is 0 Å². The number of aromatic nitrogens is 2. The van der Waals surface area contributed by atoms with Gasteiger partial charge in [0, 0.05) is 19.0 Å². The van der Waals surface area contributed by atoms with Gasteiger partial charge in [-0.3, -0.25) is 14.9 Å². The molecule has 0 unspecified atom stereocenters. The second-order valence-corrected chi connectivity index (χ2v) is 5.21. The SMILES string of the molecule is Cc1nn(C(C)C)c(NCCCCCC(=O)O)c1[N+](=O)[O-]. The van der Waals surface area contributed by atoms with Crippen LogP contribution in [0.2, 0.25) is 0 Å². The summed E-state index contributed by atoms with van der Waals surface area (Å²) in [6.07, 6.45) is 2.29. The van der Waals surface area contributed by atoms with Gasteiger partial charge in [-0.2, -0.15) is 5.10 Å². The van der Waals surface area contributed by atoms with Crippen molar-refractivity contribution < 1.29 is 14.8 Å². The van der Waals surface area contributed by atoms with Crippen LogP contribution in [0.4, 0.5) is 11.5 Å².